The summed E-state index contributed by atoms with van der Waals surface area (Å²) >= 11 is 0. The summed E-state index contributed by atoms with van der Waals surface area (Å²) in [4.78, 5) is 18.3. The number of amides is 1. The van der Waals surface area contributed by atoms with Crippen LogP contribution in [0.3, 0.4) is 0 Å². The van der Waals surface area contributed by atoms with Gasteiger partial charge in [0.1, 0.15) is 5.69 Å². The van der Waals surface area contributed by atoms with Gasteiger partial charge in [0.2, 0.25) is 10.0 Å². The summed E-state index contributed by atoms with van der Waals surface area (Å²) in [6, 6.07) is 6.19. The molecule has 1 aromatic heterocycles. The minimum absolute atomic E-state index is 0.00103. The van der Waals surface area contributed by atoms with E-state index in [1.807, 2.05) is 4.90 Å². The highest BCUT2D eigenvalue weighted by Crippen LogP contribution is 2.32. The summed E-state index contributed by atoms with van der Waals surface area (Å²) in [5.74, 6) is -0.754. The summed E-state index contributed by atoms with van der Waals surface area (Å²) in [6.07, 6.45) is -3.99. The number of benzene rings is 1. The fraction of sp³-hybridized carbons (Fsp3) is 0.429. The van der Waals surface area contributed by atoms with Crippen LogP contribution in [-0.4, -0.2) is 63.0 Å². The number of carbonyl (C=O) groups excluding carboxylic acids is 1. The first-order valence-corrected chi connectivity index (χ1v) is 11.8. The van der Waals surface area contributed by atoms with Crippen LogP contribution in [0.1, 0.15) is 29.9 Å². The van der Waals surface area contributed by atoms with Gasteiger partial charge in [0, 0.05) is 32.4 Å². The van der Waals surface area contributed by atoms with Crippen LogP contribution < -0.4 is 10.2 Å². The highest BCUT2D eigenvalue weighted by molar-refractivity contribution is 7.89. The van der Waals surface area contributed by atoms with E-state index >= 15 is 0 Å². The van der Waals surface area contributed by atoms with Crippen LogP contribution >= 0.6 is 0 Å². The standard InChI is InChI=1S/C21H25F3N4O4S/c1-3-28(4-2)33(30,31)16-6-8-19(27-9-11-32-12-10-27)18(13-16)26-20(29)17-7-5-15(14-25-17)21(22,23)24/h5-8,13-14H,3-4,9-12H2,1-2H3,(H,26,29). The van der Waals surface area contributed by atoms with E-state index in [1.165, 1.54) is 16.4 Å². The van der Waals surface area contributed by atoms with Crippen LogP contribution in [0.25, 0.3) is 0 Å². The van der Waals surface area contributed by atoms with E-state index in [2.05, 4.69) is 10.3 Å². The SMILES string of the molecule is CCN(CC)S(=O)(=O)c1ccc(N2CCOCC2)c(NC(=O)c2ccc(C(F)(F)F)cn2)c1. The maximum absolute atomic E-state index is 13.0. The van der Waals surface area contributed by atoms with Gasteiger partial charge in [-0.3, -0.25) is 9.78 Å². The van der Waals surface area contributed by atoms with Crippen molar-refractivity contribution in [2.75, 3.05) is 49.6 Å². The molecule has 33 heavy (non-hydrogen) atoms. The Labute approximate surface area is 190 Å². The Morgan fingerprint density at radius 1 is 1.15 bits per heavy atom. The summed E-state index contributed by atoms with van der Waals surface area (Å²) in [6.45, 7) is 6.00. The average Bonchev–Trinajstić information content (AvgIpc) is 2.79. The summed E-state index contributed by atoms with van der Waals surface area (Å²) in [7, 11) is -3.80. The van der Waals surface area contributed by atoms with Crippen LogP contribution in [0.2, 0.25) is 0 Å². The van der Waals surface area contributed by atoms with Crippen molar-refractivity contribution >= 4 is 27.3 Å². The number of hydrogen-bond acceptors (Lipinski definition) is 6. The molecule has 180 valence electrons. The van der Waals surface area contributed by atoms with Crippen LogP contribution in [0.5, 0.6) is 0 Å². The van der Waals surface area contributed by atoms with Gasteiger partial charge in [0.15, 0.2) is 0 Å². The van der Waals surface area contributed by atoms with Gasteiger partial charge in [-0.2, -0.15) is 17.5 Å². The van der Waals surface area contributed by atoms with Gasteiger partial charge in [-0.05, 0) is 30.3 Å². The van der Waals surface area contributed by atoms with Gasteiger partial charge in [-0.1, -0.05) is 13.8 Å². The van der Waals surface area contributed by atoms with Gasteiger partial charge in [-0.15, -0.1) is 0 Å². The Bertz CT molecular complexity index is 1080. The van der Waals surface area contributed by atoms with E-state index in [4.69, 9.17) is 4.74 Å². The van der Waals surface area contributed by atoms with Crippen molar-refractivity contribution in [3.05, 3.63) is 47.8 Å². The van der Waals surface area contributed by atoms with Crippen LogP contribution in [0.4, 0.5) is 24.5 Å². The fourth-order valence-corrected chi connectivity index (χ4v) is 4.94. The zero-order valence-corrected chi connectivity index (χ0v) is 19.0. The molecule has 8 nitrogen and oxygen atoms in total. The molecule has 1 aliphatic rings. The highest BCUT2D eigenvalue weighted by atomic mass is 32.2. The van der Waals surface area contributed by atoms with Crippen LogP contribution in [-0.2, 0) is 20.9 Å². The molecule has 0 radical (unpaired) electrons. The molecule has 0 saturated carbocycles. The molecule has 1 N–H and O–H groups in total. The Balaban J connectivity index is 1.97. The van der Waals surface area contributed by atoms with Gasteiger partial charge in [0.25, 0.3) is 5.91 Å². The Morgan fingerprint density at radius 2 is 1.82 bits per heavy atom. The molecule has 0 spiro atoms. The van der Waals surface area contributed by atoms with Gasteiger partial charge in [-0.25, -0.2) is 8.42 Å². The van der Waals surface area contributed by atoms with E-state index < -0.39 is 27.7 Å². The Morgan fingerprint density at radius 3 is 2.36 bits per heavy atom. The summed E-state index contributed by atoms with van der Waals surface area (Å²) in [5.41, 5.74) is -0.401. The minimum Gasteiger partial charge on any atom is -0.378 e. The number of morpholine rings is 1. The Hall–Kier alpha value is -2.70. The number of alkyl halides is 3. The molecular weight excluding hydrogens is 461 g/mol. The number of nitrogens with one attached hydrogen (secondary N) is 1. The van der Waals surface area contributed by atoms with E-state index in [1.54, 1.807) is 19.9 Å². The third kappa shape index (κ3) is 5.63. The van der Waals surface area contributed by atoms with E-state index in [0.717, 1.165) is 12.1 Å². The number of halogens is 3. The first-order valence-electron chi connectivity index (χ1n) is 10.4. The van der Waals surface area contributed by atoms with Crippen molar-refractivity contribution in [2.45, 2.75) is 24.9 Å². The van der Waals surface area contributed by atoms with E-state index in [0.29, 0.717) is 38.2 Å². The number of sulfonamides is 1. The number of aromatic nitrogens is 1. The normalized spacial score (nSPS) is 15.0. The molecule has 1 fully saturated rings. The lowest BCUT2D eigenvalue weighted by Gasteiger charge is -2.31. The molecule has 1 aromatic carbocycles. The number of hydrogen-bond donors (Lipinski definition) is 1. The molecule has 0 aliphatic carbocycles. The highest BCUT2D eigenvalue weighted by Gasteiger charge is 2.31. The molecule has 1 aliphatic heterocycles. The van der Waals surface area contributed by atoms with Crippen molar-refractivity contribution in [3.8, 4) is 0 Å². The maximum Gasteiger partial charge on any atom is 0.417 e. The minimum atomic E-state index is -4.57. The monoisotopic (exact) mass is 486 g/mol. The lowest BCUT2D eigenvalue weighted by molar-refractivity contribution is -0.137. The molecule has 1 saturated heterocycles. The van der Waals surface area contributed by atoms with Crippen molar-refractivity contribution in [3.63, 3.8) is 0 Å². The second kappa shape index (κ2) is 10.1. The molecule has 0 atom stereocenters. The molecule has 3 rings (SSSR count). The topological polar surface area (TPSA) is 91.8 Å². The van der Waals surface area contributed by atoms with Gasteiger partial charge >= 0.3 is 6.18 Å². The summed E-state index contributed by atoms with van der Waals surface area (Å²) in [5, 5.41) is 2.62. The number of pyridine rings is 1. The third-order valence-electron chi connectivity index (χ3n) is 5.23. The number of ether oxygens (including phenoxy) is 1. The lowest BCUT2D eigenvalue weighted by atomic mass is 10.2. The van der Waals surface area contributed by atoms with E-state index in [9.17, 15) is 26.4 Å². The van der Waals surface area contributed by atoms with Gasteiger partial charge < -0.3 is 15.0 Å². The van der Waals surface area contributed by atoms with Crippen LogP contribution in [0, 0.1) is 0 Å². The van der Waals surface area contributed by atoms with Crippen LogP contribution in [0.15, 0.2) is 41.4 Å². The molecule has 12 heteroatoms. The molecule has 1 amide bonds. The van der Waals surface area contributed by atoms with Crippen molar-refractivity contribution < 1.29 is 31.1 Å². The van der Waals surface area contributed by atoms with E-state index in [-0.39, 0.29) is 29.4 Å². The number of carbonyl (C=O) groups is 1. The smallest absolute Gasteiger partial charge is 0.378 e. The first kappa shape index (κ1) is 24.9. The third-order valence-corrected chi connectivity index (χ3v) is 7.28. The second-order valence-electron chi connectivity index (χ2n) is 7.25. The zero-order chi connectivity index (χ0) is 24.2. The molecule has 2 heterocycles. The average molecular weight is 487 g/mol. The van der Waals surface area contributed by atoms with Crippen molar-refractivity contribution in [2.24, 2.45) is 0 Å². The zero-order valence-electron chi connectivity index (χ0n) is 18.2. The second-order valence-corrected chi connectivity index (χ2v) is 9.19. The van der Waals surface area contributed by atoms with Crippen molar-refractivity contribution in [1.29, 1.82) is 0 Å². The largest absolute Gasteiger partial charge is 0.417 e. The fourth-order valence-electron chi connectivity index (χ4n) is 3.45. The number of rotatable bonds is 7. The number of anilines is 2. The number of nitrogens with zero attached hydrogens (tertiary/aromatic N) is 3. The lowest BCUT2D eigenvalue weighted by Crippen LogP contribution is -2.37. The first-order chi connectivity index (χ1) is 15.6. The molecule has 2 aromatic rings. The van der Waals surface area contributed by atoms with Crippen molar-refractivity contribution in [1.82, 2.24) is 9.29 Å². The molecule has 0 unspecified atom stereocenters. The maximum atomic E-state index is 13.0. The molecule has 0 bridgehead atoms. The van der Waals surface area contributed by atoms with Gasteiger partial charge in [0.05, 0.1) is 35.0 Å². The summed E-state index contributed by atoms with van der Waals surface area (Å²) < 4.78 is 71.0. The predicted octanol–water partition coefficient (Wildman–Crippen LogP) is 3.22. The predicted molar refractivity (Wildman–Crippen MR) is 117 cm³/mol. The quantitative estimate of drug-likeness (QED) is 0.646. The Kier molecular flexibility index (Phi) is 7.60. The molecular formula is C21H25F3N4O4S.